The van der Waals surface area contributed by atoms with Crippen molar-refractivity contribution < 1.29 is 4.39 Å². The summed E-state index contributed by atoms with van der Waals surface area (Å²) in [5.74, 6) is 0.0170. The first kappa shape index (κ1) is 10.6. The average molecular weight is 243 g/mol. The molecule has 90 valence electrons. The van der Waals surface area contributed by atoms with Gasteiger partial charge in [-0.05, 0) is 18.2 Å². The SMILES string of the molecule is Nc1nc2cc(F)ccc2n1Cc1ccncn1. The van der Waals surface area contributed by atoms with Crippen molar-refractivity contribution in [1.82, 2.24) is 19.5 Å². The van der Waals surface area contributed by atoms with Crippen molar-refractivity contribution in [3.63, 3.8) is 0 Å². The molecule has 0 saturated heterocycles. The lowest BCUT2D eigenvalue weighted by Crippen LogP contribution is -2.05. The topological polar surface area (TPSA) is 69.6 Å². The molecular weight excluding hydrogens is 233 g/mol. The summed E-state index contributed by atoms with van der Waals surface area (Å²) in [6, 6.07) is 6.21. The molecule has 3 rings (SSSR count). The van der Waals surface area contributed by atoms with Gasteiger partial charge < -0.3 is 10.3 Å². The molecule has 0 atom stereocenters. The monoisotopic (exact) mass is 243 g/mol. The summed E-state index contributed by atoms with van der Waals surface area (Å²) < 4.78 is 14.9. The van der Waals surface area contributed by atoms with Crippen molar-refractivity contribution in [2.45, 2.75) is 6.54 Å². The minimum Gasteiger partial charge on any atom is -0.369 e. The van der Waals surface area contributed by atoms with Gasteiger partial charge in [0.15, 0.2) is 0 Å². The molecule has 0 radical (unpaired) electrons. The molecule has 0 fully saturated rings. The van der Waals surface area contributed by atoms with E-state index in [1.807, 2.05) is 0 Å². The molecular formula is C12H10FN5. The highest BCUT2D eigenvalue weighted by Gasteiger charge is 2.09. The summed E-state index contributed by atoms with van der Waals surface area (Å²) in [6.45, 7) is 0.483. The molecule has 6 heteroatoms. The fourth-order valence-corrected chi connectivity index (χ4v) is 1.86. The van der Waals surface area contributed by atoms with Gasteiger partial charge in [-0.1, -0.05) is 0 Å². The van der Waals surface area contributed by atoms with Crippen LogP contribution >= 0.6 is 0 Å². The van der Waals surface area contributed by atoms with E-state index in [0.717, 1.165) is 11.2 Å². The first-order valence-corrected chi connectivity index (χ1v) is 5.40. The lowest BCUT2D eigenvalue weighted by Gasteiger charge is -2.05. The molecule has 2 N–H and O–H groups in total. The molecule has 0 aliphatic heterocycles. The number of anilines is 1. The third kappa shape index (κ3) is 1.77. The number of hydrogen-bond donors (Lipinski definition) is 1. The zero-order chi connectivity index (χ0) is 12.5. The second kappa shape index (κ2) is 4.06. The van der Waals surface area contributed by atoms with E-state index in [0.29, 0.717) is 18.0 Å². The number of nitrogens with zero attached hydrogens (tertiary/aromatic N) is 4. The van der Waals surface area contributed by atoms with Gasteiger partial charge in [0.05, 0.1) is 23.3 Å². The van der Waals surface area contributed by atoms with Gasteiger partial charge in [0.25, 0.3) is 0 Å². The summed E-state index contributed by atoms with van der Waals surface area (Å²) >= 11 is 0. The first-order chi connectivity index (χ1) is 8.74. The van der Waals surface area contributed by atoms with Crippen molar-refractivity contribution in [2.75, 3.05) is 5.73 Å². The van der Waals surface area contributed by atoms with Crippen LogP contribution in [0, 0.1) is 5.82 Å². The number of nitrogens with two attached hydrogens (primary N) is 1. The third-order valence-electron chi connectivity index (χ3n) is 2.70. The van der Waals surface area contributed by atoms with Crippen LogP contribution < -0.4 is 5.73 Å². The minimum absolute atomic E-state index is 0.325. The highest BCUT2D eigenvalue weighted by Crippen LogP contribution is 2.19. The Morgan fingerprint density at radius 2 is 2.17 bits per heavy atom. The second-order valence-electron chi connectivity index (χ2n) is 3.89. The maximum absolute atomic E-state index is 13.1. The van der Waals surface area contributed by atoms with E-state index >= 15 is 0 Å². The molecule has 2 heterocycles. The maximum atomic E-state index is 13.1. The molecule has 0 unspecified atom stereocenters. The van der Waals surface area contributed by atoms with Gasteiger partial charge in [-0.25, -0.2) is 19.3 Å². The molecule has 0 bridgehead atoms. The van der Waals surface area contributed by atoms with E-state index < -0.39 is 0 Å². The summed E-state index contributed by atoms with van der Waals surface area (Å²) in [7, 11) is 0. The average Bonchev–Trinajstić information content (AvgIpc) is 2.66. The number of hydrogen-bond acceptors (Lipinski definition) is 4. The standard InChI is InChI=1S/C12H10FN5/c13-8-1-2-11-10(5-8)17-12(14)18(11)6-9-3-4-15-7-16-9/h1-5,7H,6H2,(H2,14,17). The zero-order valence-corrected chi connectivity index (χ0v) is 9.42. The van der Waals surface area contributed by atoms with Crippen molar-refractivity contribution in [3.05, 3.63) is 48.3 Å². The Morgan fingerprint density at radius 1 is 1.28 bits per heavy atom. The predicted molar refractivity (Wildman–Crippen MR) is 65.2 cm³/mol. The Balaban J connectivity index is 2.09. The van der Waals surface area contributed by atoms with Crippen LogP contribution in [0.15, 0.2) is 36.8 Å². The second-order valence-corrected chi connectivity index (χ2v) is 3.89. The molecule has 3 aromatic rings. The van der Waals surface area contributed by atoms with Gasteiger partial charge in [0.2, 0.25) is 5.95 Å². The van der Waals surface area contributed by atoms with Crippen LogP contribution in [0.4, 0.5) is 10.3 Å². The highest BCUT2D eigenvalue weighted by atomic mass is 19.1. The van der Waals surface area contributed by atoms with E-state index in [9.17, 15) is 4.39 Å². The van der Waals surface area contributed by atoms with E-state index in [1.54, 1.807) is 22.9 Å². The van der Waals surface area contributed by atoms with Gasteiger partial charge in [-0.15, -0.1) is 0 Å². The van der Waals surface area contributed by atoms with Gasteiger partial charge >= 0.3 is 0 Å². The number of rotatable bonds is 2. The van der Waals surface area contributed by atoms with Crippen molar-refractivity contribution in [1.29, 1.82) is 0 Å². The normalized spacial score (nSPS) is 10.9. The van der Waals surface area contributed by atoms with Gasteiger partial charge in [-0.2, -0.15) is 0 Å². The summed E-state index contributed by atoms with van der Waals surface area (Å²) in [4.78, 5) is 12.1. The molecule has 0 aliphatic carbocycles. The predicted octanol–water partition coefficient (Wildman–Crippen LogP) is 1.60. The lowest BCUT2D eigenvalue weighted by atomic mass is 10.3. The van der Waals surface area contributed by atoms with Crippen molar-refractivity contribution >= 4 is 17.0 Å². The minimum atomic E-state index is -0.325. The van der Waals surface area contributed by atoms with Gasteiger partial charge in [0.1, 0.15) is 12.1 Å². The highest BCUT2D eigenvalue weighted by molar-refractivity contribution is 5.78. The molecule has 0 aliphatic rings. The van der Waals surface area contributed by atoms with Crippen LogP contribution in [0.1, 0.15) is 5.69 Å². The van der Waals surface area contributed by atoms with Crippen LogP contribution in [-0.4, -0.2) is 19.5 Å². The van der Waals surface area contributed by atoms with Crippen LogP contribution in [0.25, 0.3) is 11.0 Å². The Hall–Kier alpha value is -2.50. The Bertz CT molecular complexity index is 692. The molecule has 0 spiro atoms. The lowest BCUT2D eigenvalue weighted by molar-refractivity contribution is 0.629. The van der Waals surface area contributed by atoms with E-state index in [4.69, 9.17) is 5.73 Å². The summed E-state index contributed by atoms with van der Waals surface area (Å²) in [5.41, 5.74) is 7.98. The third-order valence-corrected chi connectivity index (χ3v) is 2.70. The largest absolute Gasteiger partial charge is 0.369 e. The Kier molecular flexibility index (Phi) is 2.40. The molecule has 18 heavy (non-hydrogen) atoms. The van der Waals surface area contributed by atoms with Crippen LogP contribution in [-0.2, 0) is 6.54 Å². The Morgan fingerprint density at radius 3 is 2.94 bits per heavy atom. The van der Waals surface area contributed by atoms with Gasteiger partial charge in [0, 0.05) is 12.3 Å². The summed E-state index contributed by atoms with van der Waals surface area (Å²) in [6.07, 6.45) is 3.14. The zero-order valence-electron chi connectivity index (χ0n) is 9.42. The molecule has 5 nitrogen and oxygen atoms in total. The number of benzene rings is 1. The van der Waals surface area contributed by atoms with Crippen LogP contribution in [0.2, 0.25) is 0 Å². The maximum Gasteiger partial charge on any atom is 0.201 e. The van der Waals surface area contributed by atoms with Crippen LogP contribution in [0.3, 0.4) is 0 Å². The molecule has 2 aromatic heterocycles. The number of fused-ring (bicyclic) bond motifs is 1. The molecule has 0 saturated carbocycles. The number of aromatic nitrogens is 4. The number of halogens is 1. The smallest absolute Gasteiger partial charge is 0.201 e. The first-order valence-electron chi connectivity index (χ1n) is 5.40. The van der Waals surface area contributed by atoms with Crippen molar-refractivity contribution in [3.8, 4) is 0 Å². The number of imidazole rings is 1. The van der Waals surface area contributed by atoms with Crippen molar-refractivity contribution in [2.24, 2.45) is 0 Å². The number of nitrogen functional groups attached to an aromatic ring is 1. The van der Waals surface area contributed by atoms with Crippen LogP contribution in [0.5, 0.6) is 0 Å². The van der Waals surface area contributed by atoms with Gasteiger partial charge in [-0.3, -0.25) is 0 Å². The fourth-order valence-electron chi connectivity index (χ4n) is 1.86. The van der Waals surface area contributed by atoms with E-state index in [-0.39, 0.29) is 5.82 Å². The fraction of sp³-hybridized carbons (Fsp3) is 0.0833. The quantitative estimate of drug-likeness (QED) is 0.742. The Labute approximate surface area is 102 Å². The summed E-state index contributed by atoms with van der Waals surface area (Å²) in [5, 5.41) is 0. The van der Waals surface area contributed by atoms with E-state index in [2.05, 4.69) is 15.0 Å². The molecule has 0 amide bonds. The molecule has 1 aromatic carbocycles. The van der Waals surface area contributed by atoms with E-state index in [1.165, 1.54) is 18.5 Å².